The van der Waals surface area contributed by atoms with Gasteiger partial charge in [-0.25, -0.2) is 0 Å². The molecule has 0 aliphatic rings. The molecule has 2 aromatic rings. The van der Waals surface area contributed by atoms with E-state index in [1.54, 1.807) is 0 Å². The number of aromatic nitrogens is 1. The first kappa shape index (κ1) is 15.9. The summed E-state index contributed by atoms with van der Waals surface area (Å²) in [7, 11) is 0. The topological polar surface area (TPSA) is 34.1 Å². The summed E-state index contributed by atoms with van der Waals surface area (Å²) in [4.78, 5) is 4.23. The first-order valence-electron chi connectivity index (χ1n) is 7.99. The minimum absolute atomic E-state index is 0.207. The lowest BCUT2D eigenvalue weighted by atomic mass is 9.94. The summed E-state index contributed by atoms with van der Waals surface area (Å²) in [6, 6.07) is 8.76. The van der Waals surface area contributed by atoms with Gasteiger partial charge in [0, 0.05) is 24.4 Å². The van der Waals surface area contributed by atoms with Crippen molar-refractivity contribution < 1.29 is 4.74 Å². The van der Waals surface area contributed by atoms with Gasteiger partial charge in [0.1, 0.15) is 0 Å². The lowest BCUT2D eigenvalue weighted by Crippen LogP contribution is -2.34. The molecule has 0 aliphatic carbocycles. The number of ether oxygens (including phenoxy) is 1. The van der Waals surface area contributed by atoms with Crippen LogP contribution in [0.3, 0.4) is 0 Å². The summed E-state index contributed by atoms with van der Waals surface area (Å²) >= 11 is 0. The van der Waals surface area contributed by atoms with Gasteiger partial charge >= 0.3 is 0 Å². The van der Waals surface area contributed by atoms with Crippen molar-refractivity contribution in [2.24, 2.45) is 0 Å². The molecule has 0 aliphatic heterocycles. The number of hydrogen-bond donors (Lipinski definition) is 1. The molecule has 0 fully saturated rings. The number of benzene rings is 1. The summed E-state index contributed by atoms with van der Waals surface area (Å²) in [5.41, 5.74) is 1.31. The maximum absolute atomic E-state index is 6.02. The van der Waals surface area contributed by atoms with E-state index in [0.29, 0.717) is 0 Å². The van der Waals surface area contributed by atoms with Crippen LogP contribution in [0.15, 0.2) is 36.7 Å². The molecule has 1 aromatic heterocycles. The van der Waals surface area contributed by atoms with Gasteiger partial charge in [0.15, 0.2) is 0 Å². The Morgan fingerprint density at radius 1 is 1.19 bits per heavy atom. The first-order valence-corrected chi connectivity index (χ1v) is 7.99. The SMILES string of the molecule is CCCC(OCC)C(NCC)c1cccc2cnccc12. The molecule has 0 radical (unpaired) electrons. The maximum atomic E-state index is 6.02. The summed E-state index contributed by atoms with van der Waals surface area (Å²) in [6.07, 6.45) is 6.19. The highest BCUT2D eigenvalue weighted by Crippen LogP contribution is 2.29. The Morgan fingerprint density at radius 2 is 2.05 bits per heavy atom. The lowest BCUT2D eigenvalue weighted by molar-refractivity contribution is 0.0283. The van der Waals surface area contributed by atoms with Crippen molar-refractivity contribution in [3.05, 3.63) is 42.2 Å². The Balaban J connectivity index is 2.43. The number of nitrogens with one attached hydrogen (secondary N) is 1. The molecule has 2 unspecified atom stereocenters. The normalized spacial score (nSPS) is 14.2. The van der Waals surface area contributed by atoms with E-state index >= 15 is 0 Å². The van der Waals surface area contributed by atoms with E-state index in [0.717, 1.165) is 26.0 Å². The van der Waals surface area contributed by atoms with Gasteiger partial charge in [0.25, 0.3) is 0 Å². The zero-order valence-corrected chi connectivity index (χ0v) is 13.3. The molecule has 2 atom stereocenters. The fourth-order valence-electron chi connectivity index (χ4n) is 2.93. The molecule has 3 nitrogen and oxygen atoms in total. The van der Waals surface area contributed by atoms with Gasteiger partial charge in [-0.15, -0.1) is 0 Å². The van der Waals surface area contributed by atoms with Crippen molar-refractivity contribution in [1.29, 1.82) is 0 Å². The van der Waals surface area contributed by atoms with Crippen LogP contribution >= 0.6 is 0 Å². The highest BCUT2D eigenvalue weighted by molar-refractivity contribution is 5.85. The second kappa shape index (κ2) is 8.11. The van der Waals surface area contributed by atoms with E-state index in [9.17, 15) is 0 Å². The van der Waals surface area contributed by atoms with Crippen LogP contribution in [0.25, 0.3) is 10.8 Å². The zero-order chi connectivity index (χ0) is 15.1. The average Bonchev–Trinajstić information content (AvgIpc) is 2.52. The Hall–Kier alpha value is -1.45. The molecule has 1 aromatic carbocycles. The van der Waals surface area contributed by atoms with E-state index in [1.807, 2.05) is 12.4 Å². The highest BCUT2D eigenvalue weighted by atomic mass is 16.5. The van der Waals surface area contributed by atoms with Crippen LogP contribution in [-0.2, 0) is 4.74 Å². The second-order valence-electron chi connectivity index (χ2n) is 5.26. The molecule has 0 spiro atoms. The van der Waals surface area contributed by atoms with Crippen LogP contribution in [-0.4, -0.2) is 24.2 Å². The molecule has 0 amide bonds. The molecule has 21 heavy (non-hydrogen) atoms. The predicted molar refractivity (Wildman–Crippen MR) is 88.5 cm³/mol. The van der Waals surface area contributed by atoms with Crippen molar-refractivity contribution in [2.45, 2.75) is 45.8 Å². The van der Waals surface area contributed by atoms with Crippen LogP contribution in [0.1, 0.15) is 45.2 Å². The van der Waals surface area contributed by atoms with Crippen molar-refractivity contribution in [3.63, 3.8) is 0 Å². The number of likely N-dealkylation sites (N-methyl/N-ethyl adjacent to an activating group) is 1. The van der Waals surface area contributed by atoms with Gasteiger partial charge in [-0.05, 0) is 36.9 Å². The van der Waals surface area contributed by atoms with E-state index in [4.69, 9.17) is 4.74 Å². The van der Waals surface area contributed by atoms with Gasteiger partial charge in [-0.3, -0.25) is 4.98 Å². The van der Waals surface area contributed by atoms with Crippen LogP contribution < -0.4 is 5.32 Å². The lowest BCUT2D eigenvalue weighted by Gasteiger charge is -2.29. The van der Waals surface area contributed by atoms with Crippen molar-refractivity contribution in [3.8, 4) is 0 Å². The fraction of sp³-hybridized carbons (Fsp3) is 0.500. The van der Waals surface area contributed by atoms with Crippen LogP contribution in [0, 0.1) is 0 Å². The van der Waals surface area contributed by atoms with Gasteiger partial charge in [-0.2, -0.15) is 0 Å². The Bertz CT molecular complexity index is 544. The van der Waals surface area contributed by atoms with Gasteiger partial charge < -0.3 is 10.1 Å². The minimum atomic E-state index is 0.207. The second-order valence-corrected chi connectivity index (χ2v) is 5.26. The summed E-state index contributed by atoms with van der Waals surface area (Å²) in [5, 5.41) is 6.06. The smallest absolute Gasteiger partial charge is 0.0769 e. The van der Waals surface area contributed by atoms with Gasteiger partial charge in [0.05, 0.1) is 12.1 Å². The number of fused-ring (bicyclic) bond motifs is 1. The Labute approximate surface area is 127 Å². The van der Waals surface area contributed by atoms with Gasteiger partial charge in [0.2, 0.25) is 0 Å². The van der Waals surface area contributed by atoms with Crippen LogP contribution in [0.4, 0.5) is 0 Å². The van der Waals surface area contributed by atoms with E-state index in [-0.39, 0.29) is 12.1 Å². The molecule has 0 saturated carbocycles. The highest BCUT2D eigenvalue weighted by Gasteiger charge is 2.23. The first-order chi connectivity index (χ1) is 10.3. The quantitative estimate of drug-likeness (QED) is 0.793. The molecule has 0 saturated heterocycles. The number of pyridine rings is 1. The molecular weight excluding hydrogens is 260 g/mol. The Kier molecular flexibility index (Phi) is 6.15. The van der Waals surface area contributed by atoms with Crippen LogP contribution in [0.5, 0.6) is 0 Å². The van der Waals surface area contributed by atoms with E-state index < -0.39 is 0 Å². The number of nitrogens with zero attached hydrogens (tertiary/aromatic N) is 1. The third-order valence-corrected chi connectivity index (χ3v) is 3.80. The van der Waals surface area contributed by atoms with Crippen molar-refractivity contribution in [2.75, 3.05) is 13.2 Å². The van der Waals surface area contributed by atoms with E-state index in [2.05, 4.69) is 55.3 Å². The molecular formula is C18H26N2O. The summed E-state index contributed by atoms with van der Waals surface area (Å²) in [5.74, 6) is 0. The molecule has 2 rings (SSSR count). The average molecular weight is 286 g/mol. The van der Waals surface area contributed by atoms with Crippen molar-refractivity contribution in [1.82, 2.24) is 10.3 Å². The largest absolute Gasteiger partial charge is 0.377 e. The zero-order valence-electron chi connectivity index (χ0n) is 13.3. The molecule has 1 N–H and O–H groups in total. The molecule has 1 heterocycles. The fourth-order valence-corrected chi connectivity index (χ4v) is 2.93. The van der Waals surface area contributed by atoms with E-state index in [1.165, 1.54) is 16.3 Å². The number of rotatable bonds is 8. The Morgan fingerprint density at radius 3 is 2.76 bits per heavy atom. The summed E-state index contributed by atoms with van der Waals surface area (Å²) < 4.78 is 6.02. The monoisotopic (exact) mass is 286 g/mol. The van der Waals surface area contributed by atoms with Crippen LogP contribution in [0.2, 0.25) is 0 Å². The van der Waals surface area contributed by atoms with Gasteiger partial charge in [-0.1, -0.05) is 38.5 Å². The standard InChI is InChI=1S/C18H26N2O/c1-4-8-17(21-6-3)18(20-5-2)16-10-7-9-14-13-19-12-11-15(14)16/h7,9-13,17-18,20H,4-6,8H2,1-3H3. The minimum Gasteiger partial charge on any atom is -0.377 e. The van der Waals surface area contributed by atoms with Crippen molar-refractivity contribution >= 4 is 10.8 Å². The summed E-state index contributed by atoms with van der Waals surface area (Å²) in [6.45, 7) is 8.10. The molecule has 3 heteroatoms. The third kappa shape index (κ3) is 3.80. The molecule has 114 valence electrons. The molecule has 0 bridgehead atoms. The third-order valence-electron chi connectivity index (χ3n) is 3.80. The maximum Gasteiger partial charge on any atom is 0.0769 e. The number of hydrogen-bond acceptors (Lipinski definition) is 3. The predicted octanol–water partition coefficient (Wildman–Crippen LogP) is 4.09.